The van der Waals surface area contributed by atoms with E-state index in [1.54, 1.807) is 29.2 Å². The lowest BCUT2D eigenvalue weighted by Crippen LogP contribution is -2.47. The highest BCUT2D eigenvalue weighted by molar-refractivity contribution is 5.78. The molecule has 5 nitrogen and oxygen atoms in total. The van der Waals surface area contributed by atoms with Crippen LogP contribution < -0.4 is 4.74 Å². The van der Waals surface area contributed by atoms with Crippen LogP contribution in [0.3, 0.4) is 0 Å². The number of carbonyl (C=O) groups is 1. The molecule has 2 rings (SSSR count). The minimum atomic E-state index is -0.104. The van der Waals surface area contributed by atoms with Gasteiger partial charge >= 0.3 is 0 Å². The number of rotatable bonds is 4. The van der Waals surface area contributed by atoms with Crippen LogP contribution in [0.2, 0.25) is 0 Å². The molecule has 1 aromatic rings. The first-order valence-electron chi connectivity index (χ1n) is 6.78. The van der Waals surface area contributed by atoms with E-state index in [-0.39, 0.29) is 25.2 Å². The standard InChI is InChI=1S/C15H18N2O3/c16-9-12-4-6-14(7-5-12)20-11-15(19)17-8-2-1-3-13(17)10-18/h4-7,13,18H,1-3,8,10-11H2. The summed E-state index contributed by atoms with van der Waals surface area (Å²) in [6.45, 7) is 0.645. The Morgan fingerprint density at radius 2 is 2.15 bits per heavy atom. The molecule has 1 N–H and O–H groups in total. The number of carbonyl (C=O) groups excluding carboxylic acids is 1. The van der Waals surface area contributed by atoms with E-state index in [0.717, 1.165) is 19.3 Å². The summed E-state index contributed by atoms with van der Waals surface area (Å²) in [7, 11) is 0. The second kappa shape index (κ2) is 6.92. The Morgan fingerprint density at radius 1 is 1.40 bits per heavy atom. The molecule has 0 aromatic heterocycles. The predicted octanol–water partition coefficient (Wildman–Crippen LogP) is 1.31. The van der Waals surface area contributed by atoms with Gasteiger partial charge in [-0.2, -0.15) is 5.26 Å². The van der Waals surface area contributed by atoms with E-state index in [9.17, 15) is 9.90 Å². The first kappa shape index (κ1) is 14.4. The van der Waals surface area contributed by atoms with Crippen LogP contribution in [0.4, 0.5) is 0 Å². The van der Waals surface area contributed by atoms with Crippen molar-refractivity contribution in [3.05, 3.63) is 29.8 Å². The Hall–Kier alpha value is -2.06. The third-order valence-electron chi connectivity index (χ3n) is 3.50. The van der Waals surface area contributed by atoms with Gasteiger partial charge in [-0.15, -0.1) is 0 Å². The zero-order valence-electron chi connectivity index (χ0n) is 11.3. The molecule has 1 fully saturated rings. The maximum absolute atomic E-state index is 12.1. The summed E-state index contributed by atoms with van der Waals surface area (Å²) in [6.07, 6.45) is 2.86. The second-order valence-corrected chi connectivity index (χ2v) is 4.84. The lowest BCUT2D eigenvalue weighted by atomic mass is 10.0. The summed E-state index contributed by atoms with van der Waals surface area (Å²) in [4.78, 5) is 13.8. The lowest BCUT2D eigenvalue weighted by Gasteiger charge is -2.34. The van der Waals surface area contributed by atoms with Crippen molar-refractivity contribution in [1.29, 1.82) is 5.26 Å². The molecule has 1 unspecified atom stereocenters. The summed E-state index contributed by atoms with van der Waals surface area (Å²) in [5, 5.41) is 18.0. The predicted molar refractivity (Wildman–Crippen MR) is 73.1 cm³/mol. The Bertz CT molecular complexity index is 493. The van der Waals surface area contributed by atoms with Gasteiger partial charge in [-0.3, -0.25) is 4.79 Å². The molecular weight excluding hydrogens is 256 g/mol. The van der Waals surface area contributed by atoms with Gasteiger partial charge in [0, 0.05) is 6.54 Å². The number of nitrogens with zero attached hydrogens (tertiary/aromatic N) is 2. The van der Waals surface area contributed by atoms with Gasteiger partial charge in [0.25, 0.3) is 5.91 Å². The van der Waals surface area contributed by atoms with Crippen molar-refractivity contribution in [3.63, 3.8) is 0 Å². The molecule has 20 heavy (non-hydrogen) atoms. The van der Waals surface area contributed by atoms with Gasteiger partial charge in [-0.05, 0) is 43.5 Å². The third kappa shape index (κ3) is 3.49. The molecule has 0 spiro atoms. The van der Waals surface area contributed by atoms with Crippen LogP contribution in [0.25, 0.3) is 0 Å². The van der Waals surface area contributed by atoms with Crippen LogP contribution in [0.5, 0.6) is 5.75 Å². The summed E-state index contributed by atoms with van der Waals surface area (Å²) in [6, 6.07) is 8.59. The van der Waals surface area contributed by atoms with Crippen molar-refractivity contribution in [2.24, 2.45) is 0 Å². The quantitative estimate of drug-likeness (QED) is 0.898. The van der Waals surface area contributed by atoms with E-state index in [2.05, 4.69) is 0 Å². The average Bonchev–Trinajstić information content (AvgIpc) is 2.53. The Morgan fingerprint density at radius 3 is 2.80 bits per heavy atom. The Labute approximate surface area is 118 Å². The molecule has 0 radical (unpaired) electrons. The van der Waals surface area contributed by atoms with E-state index in [1.807, 2.05) is 6.07 Å². The number of hydrogen-bond donors (Lipinski definition) is 1. The minimum absolute atomic E-state index is 0.00259. The van der Waals surface area contributed by atoms with Crippen molar-refractivity contribution >= 4 is 5.91 Å². The number of amides is 1. The first-order chi connectivity index (χ1) is 9.74. The fraction of sp³-hybridized carbons (Fsp3) is 0.467. The van der Waals surface area contributed by atoms with Crippen molar-refractivity contribution < 1.29 is 14.6 Å². The fourth-order valence-electron chi connectivity index (χ4n) is 2.37. The number of aliphatic hydroxyl groups excluding tert-OH is 1. The van der Waals surface area contributed by atoms with Crippen molar-refractivity contribution in [3.8, 4) is 11.8 Å². The van der Waals surface area contributed by atoms with Gasteiger partial charge in [0.15, 0.2) is 6.61 Å². The van der Waals surface area contributed by atoms with Crippen LogP contribution in [-0.2, 0) is 4.79 Å². The number of aliphatic hydroxyl groups is 1. The highest BCUT2D eigenvalue weighted by Gasteiger charge is 2.26. The van der Waals surface area contributed by atoms with Gasteiger partial charge in [0.1, 0.15) is 5.75 Å². The van der Waals surface area contributed by atoms with Gasteiger partial charge in [-0.1, -0.05) is 0 Å². The summed E-state index contributed by atoms with van der Waals surface area (Å²) < 4.78 is 5.43. The number of likely N-dealkylation sites (tertiary alicyclic amines) is 1. The number of ether oxygens (including phenoxy) is 1. The molecule has 5 heteroatoms. The number of nitriles is 1. The van der Waals surface area contributed by atoms with Crippen molar-refractivity contribution in [2.45, 2.75) is 25.3 Å². The van der Waals surface area contributed by atoms with Crippen LogP contribution >= 0.6 is 0 Å². The molecule has 1 aliphatic heterocycles. The number of piperidine rings is 1. The van der Waals surface area contributed by atoms with Crippen LogP contribution in [0.1, 0.15) is 24.8 Å². The van der Waals surface area contributed by atoms with Crippen LogP contribution in [0.15, 0.2) is 24.3 Å². The van der Waals surface area contributed by atoms with Crippen molar-refractivity contribution in [2.75, 3.05) is 19.8 Å². The maximum atomic E-state index is 12.1. The smallest absolute Gasteiger partial charge is 0.260 e. The van der Waals surface area contributed by atoms with E-state index in [4.69, 9.17) is 10.00 Å². The molecule has 1 atom stereocenters. The van der Waals surface area contributed by atoms with E-state index in [0.29, 0.717) is 17.9 Å². The Kier molecular flexibility index (Phi) is 4.97. The van der Waals surface area contributed by atoms with Gasteiger partial charge in [-0.25, -0.2) is 0 Å². The van der Waals surface area contributed by atoms with E-state index in [1.165, 1.54) is 0 Å². The maximum Gasteiger partial charge on any atom is 0.260 e. The molecule has 0 saturated carbocycles. The van der Waals surface area contributed by atoms with E-state index >= 15 is 0 Å². The second-order valence-electron chi connectivity index (χ2n) is 4.84. The molecule has 1 aromatic carbocycles. The molecule has 1 aliphatic rings. The topological polar surface area (TPSA) is 73.6 Å². The molecule has 1 saturated heterocycles. The number of benzene rings is 1. The normalized spacial score (nSPS) is 18.4. The van der Waals surface area contributed by atoms with Gasteiger partial charge in [0.2, 0.25) is 0 Å². The summed E-state index contributed by atoms with van der Waals surface area (Å²) >= 11 is 0. The summed E-state index contributed by atoms with van der Waals surface area (Å²) in [5.74, 6) is 0.461. The Balaban J connectivity index is 1.89. The first-order valence-corrected chi connectivity index (χ1v) is 6.78. The molecular formula is C15H18N2O3. The summed E-state index contributed by atoms with van der Waals surface area (Å²) in [5.41, 5.74) is 0.556. The van der Waals surface area contributed by atoms with Gasteiger partial charge in [0.05, 0.1) is 24.3 Å². The fourth-order valence-corrected chi connectivity index (χ4v) is 2.37. The zero-order valence-corrected chi connectivity index (χ0v) is 11.3. The molecule has 1 heterocycles. The average molecular weight is 274 g/mol. The largest absolute Gasteiger partial charge is 0.484 e. The van der Waals surface area contributed by atoms with Gasteiger partial charge < -0.3 is 14.7 Å². The SMILES string of the molecule is N#Cc1ccc(OCC(=O)N2CCCCC2CO)cc1. The number of hydrogen-bond acceptors (Lipinski definition) is 4. The minimum Gasteiger partial charge on any atom is -0.484 e. The molecule has 106 valence electrons. The van der Waals surface area contributed by atoms with E-state index < -0.39 is 0 Å². The van der Waals surface area contributed by atoms with Crippen LogP contribution in [-0.4, -0.2) is 41.7 Å². The molecule has 1 amide bonds. The molecule has 0 aliphatic carbocycles. The molecule has 0 bridgehead atoms. The van der Waals surface area contributed by atoms with Crippen LogP contribution in [0, 0.1) is 11.3 Å². The third-order valence-corrected chi connectivity index (χ3v) is 3.50. The lowest BCUT2D eigenvalue weighted by molar-refractivity contribution is -0.138. The highest BCUT2D eigenvalue weighted by atomic mass is 16.5. The highest BCUT2D eigenvalue weighted by Crippen LogP contribution is 2.17. The monoisotopic (exact) mass is 274 g/mol. The zero-order chi connectivity index (χ0) is 14.4. The van der Waals surface area contributed by atoms with Crippen molar-refractivity contribution in [1.82, 2.24) is 4.90 Å².